The molecule has 0 aromatic heterocycles. The maximum Gasteiger partial charge on any atom is 0.00572 e. The van der Waals surface area contributed by atoms with Crippen LogP contribution in [0.1, 0.15) is 72.6 Å². The molecule has 0 spiro atoms. The molecule has 2 aliphatic carbocycles. The summed E-state index contributed by atoms with van der Waals surface area (Å²) in [6, 6.07) is 0. The fourth-order valence-corrected chi connectivity index (χ4v) is 5.79. The topological polar surface area (TPSA) is 0 Å². The average molecular weight is 469 g/mol. The van der Waals surface area contributed by atoms with Crippen molar-refractivity contribution in [3.63, 3.8) is 0 Å². The zero-order valence-electron chi connectivity index (χ0n) is 22.9. The Hall–Kier alpha value is -2.60. The molecule has 0 heterocycles. The molecule has 0 aromatic carbocycles. The minimum Gasteiger partial charge on any atom is -0.0991 e. The smallest absolute Gasteiger partial charge is 0.00572 e. The van der Waals surface area contributed by atoms with Crippen LogP contribution in [0.3, 0.4) is 0 Å². The minimum absolute atomic E-state index is 0.422. The molecule has 0 bridgehead atoms. The Morgan fingerprint density at radius 2 is 1.49 bits per heavy atom. The van der Waals surface area contributed by atoms with Gasteiger partial charge in [-0.25, -0.2) is 0 Å². The molecule has 0 amide bonds. The van der Waals surface area contributed by atoms with E-state index in [9.17, 15) is 0 Å². The molecule has 0 aliphatic heterocycles. The highest BCUT2D eigenvalue weighted by Gasteiger charge is 2.38. The number of hydrogen-bond donors (Lipinski definition) is 0. The summed E-state index contributed by atoms with van der Waals surface area (Å²) in [4.78, 5) is 0. The number of hydrogen-bond acceptors (Lipinski definition) is 0. The highest BCUT2D eigenvalue weighted by atomic mass is 14.4. The molecule has 0 saturated heterocycles. The molecule has 35 heavy (non-hydrogen) atoms. The Labute approximate surface area is 216 Å². The van der Waals surface area contributed by atoms with Crippen LogP contribution in [-0.2, 0) is 0 Å². The van der Waals surface area contributed by atoms with Gasteiger partial charge in [-0.2, -0.15) is 0 Å². The van der Waals surface area contributed by atoms with E-state index in [1.165, 1.54) is 42.4 Å². The van der Waals surface area contributed by atoms with E-state index in [4.69, 9.17) is 0 Å². The van der Waals surface area contributed by atoms with Gasteiger partial charge in [0.1, 0.15) is 0 Å². The molecular formula is C35H48. The second-order valence-corrected chi connectivity index (χ2v) is 10.2. The van der Waals surface area contributed by atoms with E-state index in [2.05, 4.69) is 103 Å². The average Bonchev–Trinajstić information content (AvgIpc) is 2.85. The van der Waals surface area contributed by atoms with E-state index in [0.29, 0.717) is 23.7 Å². The molecule has 0 N–H and O–H groups in total. The fraction of sp³-hybridized carbons (Fsp3) is 0.429. The molecule has 0 radical (unpaired) electrons. The third-order valence-electron chi connectivity index (χ3n) is 7.68. The van der Waals surface area contributed by atoms with Crippen LogP contribution in [0.25, 0.3) is 0 Å². The van der Waals surface area contributed by atoms with Gasteiger partial charge in [-0.05, 0) is 80.4 Å². The van der Waals surface area contributed by atoms with Crippen molar-refractivity contribution in [2.75, 3.05) is 0 Å². The van der Waals surface area contributed by atoms with Crippen LogP contribution in [-0.4, -0.2) is 0 Å². The molecule has 2 aliphatic rings. The van der Waals surface area contributed by atoms with E-state index in [1.807, 2.05) is 12.2 Å². The largest absolute Gasteiger partial charge is 0.0991 e. The Morgan fingerprint density at radius 1 is 0.829 bits per heavy atom. The molecule has 0 fully saturated rings. The van der Waals surface area contributed by atoms with Crippen LogP contribution < -0.4 is 0 Å². The summed E-state index contributed by atoms with van der Waals surface area (Å²) in [5.41, 5.74) is 8.39. The van der Waals surface area contributed by atoms with Crippen molar-refractivity contribution in [1.82, 2.24) is 0 Å². The number of allylic oxidation sites excluding steroid dienone is 16. The van der Waals surface area contributed by atoms with Crippen molar-refractivity contribution in [3.8, 4) is 0 Å². The van der Waals surface area contributed by atoms with Crippen molar-refractivity contribution < 1.29 is 0 Å². The summed E-state index contributed by atoms with van der Waals surface area (Å²) in [6.07, 6.45) is 29.4. The fourth-order valence-electron chi connectivity index (χ4n) is 5.79. The van der Waals surface area contributed by atoms with E-state index in [1.54, 1.807) is 11.1 Å². The maximum absolute atomic E-state index is 4.58. The molecule has 2 rings (SSSR count). The highest BCUT2D eigenvalue weighted by Crippen LogP contribution is 2.51. The van der Waals surface area contributed by atoms with Crippen LogP contribution in [0.15, 0.2) is 121 Å². The van der Waals surface area contributed by atoms with Crippen molar-refractivity contribution in [2.45, 2.75) is 72.6 Å². The lowest BCUT2D eigenvalue weighted by atomic mass is 9.61. The van der Waals surface area contributed by atoms with Crippen LogP contribution in [0.2, 0.25) is 0 Å². The van der Waals surface area contributed by atoms with Gasteiger partial charge in [0, 0.05) is 11.8 Å². The van der Waals surface area contributed by atoms with E-state index < -0.39 is 0 Å². The number of rotatable bonds is 12. The van der Waals surface area contributed by atoms with Crippen molar-refractivity contribution in [3.05, 3.63) is 121 Å². The molecule has 0 aromatic rings. The van der Waals surface area contributed by atoms with Gasteiger partial charge in [-0.15, -0.1) is 0 Å². The predicted octanol–water partition coefficient (Wildman–Crippen LogP) is 10.6. The van der Waals surface area contributed by atoms with E-state index >= 15 is 0 Å². The van der Waals surface area contributed by atoms with Gasteiger partial charge in [-0.3, -0.25) is 0 Å². The van der Waals surface area contributed by atoms with E-state index in [-0.39, 0.29) is 0 Å². The second-order valence-electron chi connectivity index (χ2n) is 10.2. The van der Waals surface area contributed by atoms with E-state index in [0.717, 1.165) is 24.8 Å². The summed E-state index contributed by atoms with van der Waals surface area (Å²) < 4.78 is 0. The summed E-state index contributed by atoms with van der Waals surface area (Å²) >= 11 is 0. The summed E-state index contributed by atoms with van der Waals surface area (Å²) in [5.74, 6) is 2.16. The maximum atomic E-state index is 4.58. The third-order valence-corrected chi connectivity index (χ3v) is 7.68. The zero-order chi connectivity index (χ0) is 25.8. The van der Waals surface area contributed by atoms with Crippen molar-refractivity contribution in [2.24, 2.45) is 23.7 Å². The lowest BCUT2D eigenvalue weighted by Gasteiger charge is -2.44. The molecule has 0 heteroatoms. The first-order valence-electron chi connectivity index (χ1n) is 13.6. The summed E-state index contributed by atoms with van der Waals surface area (Å²) in [7, 11) is 0. The molecule has 0 saturated carbocycles. The van der Waals surface area contributed by atoms with Gasteiger partial charge in [0.25, 0.3) is 0 Å². The van der Waals surface area contributed by atoms with Crippen LogP contribution >= 0.6 is 0 Å². The van der Waals surface area contributed by atoms with Crippen molar-refractivity contribution >= 4 is 0 Å². The van der Waals surface area contributed by atoms with Gasteiger partial charge in [-0.1, -0.05) is 125 Å². The lowest BCUT2D eigenvalue weighted by molar-refractivity contribution is 0.342. The van der Waals surface area contributed by atoms with Crippen LogP contribution in [0.4, 0.5) is 0 Å². The van der Waals surface area contributed by atoms with Crippen molar-refractivity contribution in [1.29, 1.82) is 0 Å². The summed E-state index contributed by atoms with van der Waals surface area (Å²) in [6.45, 7) is 25.8. The van der Waals surface area contributed by atoms with Gasteiger partial charge in [0.05, 0.1) is 0 Å². The quantitative estimate of drug-likeness (QED) is 0.197. The first-order chi connectivity index (χ1) is 16.9. The standard InChI is InChI=1S/C35H48/c1-9-13-17-26(5)18-14-19-27(6)32-24-22-28(7)34-29(8)23-25-33(35(32)34)31(16-10-2)21-15-20-30(11-3)12-4/h10-17,19,21,28-29,32-33H,2-3,5-6,9,18,20,22-25H2,1,4,7-8H3/b17-13-,19-14-,21-15-,30-12+,31-16+. The van der Waals surface area contributed by atoms with Gasteiger partial charge >= 0.3 is 0 Å². The van der Waals surface area contributed by atoms with Crippen LogP contribution in [0.5, 0.6) is 0 Å². The molecule has 4 atom stereocenters. The lowest BCUT2D eigenvalue weighted by Crippen LogP contribution is -2.31. The minimum atomic E-state index is 0.422. The van der Waals surface area contributed by atoms with Crippen LogP contribution in [0, 0.1) is 23.7 Å². The summed E-state index contributed by atoms with van der Waals surface area (Å²) in [5, 5.41) is 0. The SMILES string of the molecule is C=C/C=C(\C=C/C/C(C=C)=C/C)C1CCC(C)C2=C1C(C(=C)/C=C\CC(=C)/C=C\CC)CCC2C. The second kappa shape index (κ2) is 14.7. The molecule has 188 valence electrons. The normalized spacial score (nSPS) is 25.9. The first kappa shape index (κ1) is 28.6. The molecule has 0 nitrogen and oxygen atoms in total. The third kappa shape index (κ3) is 7.96. The van der Waals surface area contributed by atoms with Gasteiger partial charge < -0.3 is 0 Å². The Bertz CT molecular complexity index is 946. The Morgan fingerprint density at radius 3 is 2.09 bits per heavy atom. The Kier molecular flexibility index (Phi) is 12.0. The Balaban J connectivity index is 2.38. The molecular weight excluding hydrogens is 420 g/mol. The predicted molar refractivity (Wildman–Crippen MR) is 158 cm³/mol. The van der Waals surface area contributed by atoms with Gasteiger partial charge in [0.15, 0.2) is 0 Å². The zero-order valence-corrected chi connectivity index (χ0v) is 22.9. The monoisotopic (exact) mass is 468 g/mol. The molecule has 4 unspecified atom stereocenters. The highest BCUT2D eigenvalue weighted by molar-refractivity contribution is 5.44. The first-order valence-corrected chi connectivity index (χ1v) is 13.6. The van der Waals surface area contributed by atoms with Gasteiger partial charge in [0.2, 0.25) is 0 Å².